The van der Waals surface area contributed by atoms with Crippen LogP contribution in [0.5, 0.6) is 0 Å². The van der Waals surface area contributed by atoms with Gasteiger partial charge >= 0.3 is 6.09 Å². The van der Waals surface area contributed by atoms with Crippen LogP contribution >= 0.6 is 11.3 Å². The summed E-state index contributed by atoms with van der Waals surface area (Å²) < 4.78 is 35.5. The van der Waals surface area contributed by atoms with Gasteiger partial charge in [-0.15, -0.1) is 11.3 Å². The highest BCUT2D eigenvalue weighted by atomic mass is 32.2. The smallest absolute Gasteiger partial charge is 0.421 e. The van der Waals surface area contributed by atoms with Crippen molar-refractivity contribution in [3.8, 4) is 11.3 Å². The molecule has 0 aliphatic carbocycles. The number of ether oxygens (including phenoxy) is 1. The Morgan fingerprint density at radius 3 is 2.46 bits per heavy atom. The van der Waals surface area contributed by atoms with Crippen LogP contribution in [0.4, 0.5) is 4.79 Å². The second-order valence-electron chi connectivity index (χ2n) is 9.51. The van der Waals surface area contributed by atoms with Crippen LogP contribution in [0.1, 0.15) is 67.7 Å². The van der Waals surface area contributed by atoms with Crippen LogP contribution in [0.25, 0.3) is 22.4 Å². The van der Waals surface area contributed by atoms with E-state index in [1.807, 2.05) is 55.8 Å². The summed E-state index contributed by atoms with van der Waals surface area (Å²) in [6.07, 6.45) is 2.77. The molecule has 0 aliphatic rings. The molecule has 4 aromatic rings. The van der Waals surface area contributed by atoms with Gasteiger partial charge in [0.05, 0.1) is 18.2 Å². The van der Waals surface area contributed by atoms with Gasteiger partial charge in [0.15, 0.2) is 9.86 Å². The van der Waals surface area contributed by atoms with Crippen molar-refractivity contribution in [3.63, 3.8) is 0 Å². The molecule has 1 aromatic carbocycles. The van der Waals surface area contributed by atoms with Crippen molar-refractivity contribution in [2.75, 3.05) is 6.61 Å². The molecule has 39 heavy (non-hydrogen) atoms. The number of rotatable bonds is 11. The number of carbonyl (C=O) groups is 1. The van der Waals surface area contributed by atoms with Crippen LogP contribution in [-0.4, -0.2) is 40.6 Å². The first-order valence-corrected chi connectivity index (χ1v) is 15.6. The second-order valence-corrected chi connectivity index (χ2v) is 12.5. The lowest BCUT2D eigenvalue weighted by atomic mass is 10.1. The van der Waals surface area contributed by atoms with E-state index < -0.39 is 16.1 Å². The number of sulfonamides is 1. The molecule has 11 heteroatoms. The molecule has 0 spiro atoms. The van der Waals surface area contributed by atoms with E-state index in [9.17, 15) is 13.2 Å². The predicted octanol–water partition coefficient (Wildman–Crippen LogP) is 5.95. The van der Waals surface area contributed by atoms with Crippen LogP contribution in [0, 0.1) is 13.8 Å². The summed E-state index contributed by atoms with van der Waals surface area (Å²) in [4.78, 5) is 26.3. The fourth-order valence-electron chi connectivity index (χ4n) is 4.36. The van der Waals surface area contributed by atoms with Gasteiger partial charge in [0.25, 0.3) is 10.0 Å². The molecule has 3 aromatic heterocycles. The standard InChI is InChI=1S/C28H35N5O4S2/c1-6-9-15-37-28(34)32-39(35,36)27-25(31-23(38-27)10-7-2)21-13-11-20(12-14-21)17-33-22(8-3)30-24-18(4)16-19(5)29-26(24)33/h11-14,16H,6-10,15,17H2,1-5H3,(H,32,34). The number of fused-ring (bicyclic) bond motifs is 1. The molecule has 0 radical (unpaired) electrons. The average Bonchev–Trinajstić information content (AvgIpc) is 3.47. The molecule has 0 aliphatic heterocycles. The maximum absolute atomic E-state index is 13.2. The molecule has 9 nitrogen and oxygen atoms in total. The van der Waals surface area contributed by atoms with E-state index in [4.69, 9.17) is 14.7 Å². The summed E-state index contributed by atoms with van der Waals surface area (Å²) >= 11 is 1.08. The number of hydrogen-bond acceptors (Lipinski definition) is 8. The summed E-state index contributed by atoms with van der Waals surface area (Å²) in [6.45, 7) is 10.8. The van der Waals surface area contributed by atoms with E-state index in [2.05, 4.69) is 23.4 Å². The van der Waals surface area contributed by atoms with Crippen molar-refractivity contribution in [3.05, 3.63) is 58.0 Å². The van der Waals surface area contributed by atoms with Crippen molar-refractivity contribution >= 4 is 38.6 Å². The monoisotopic (exact) mass is 569 g/mol. The van der Waals surface area contributed by atoms with Gasteiger partial charge in [-0.1, -0.05) is 51.5 Å². The number of carbonyl (C=O) groups excluding carboxylic acids is 1. The lowest BCUT2D eigenvalue weighted by molar-refractivity contribution is 0.151. The number of unbranched alkanes of at least 4 members (excludes halogenated alkanes) is 1. The van der Waals surface area contributed by atoms with Gasteiger partial charge in [-0.3, -0.25) is 0 Å². The SMILES string of the molecule is CCCCOC(=O)NS(=O)(=O)c1sc(CCC)nc1-c1ccc(Cn2c(CC)nc3c(C)cc(C)nc32)cc1. The zero-order valence-corrected chi connectivity index (χ0v) is 24.7. The summed E-state index contributed by atoms with van der Waals surface area (Å²) in [6, 6.07) is 9.70. The average molecular weight is 570 g/mol. The Kier molecular flexibility index (Phi) is 9.01. The van der Waals surface area contributed by atoms with Crippen LogP contribution < -0.4 is 4.72 Å². The number of pyridine rings is 1. The molecule has 0 bridgehead atoms. The van der Waals surface area contributed by atoms with Crippen LogP contribution in [0.3, 0.4) is 0 Å². The van der Waals surface area contributed by atoms with Gasteiger partial charge in [0.1, 0.15) is 17.0 Å². The first-order chi connectivity index (χ1) is 18.7. The number of benzene rings is 1. The predicted molar refractivity (Wildman–Crippen MR) is 154 cm³/mol. The lowest BCUT2D eigenvalue weighted by Gasteiger charge is -2.10. The quantitative estimate of drug-likeness (QED) is 0.222. The number of nitrogens with one attached hydrogen (secondary N) is 1. The minimum atomic E-state index is -4.15. The Bertz CT molecular complexity index is 1570. The third-order valence-corrected chi connectivity index (χ3v) is 9.22. The molecule has 1 amide bonds. The molecule has 0 atom stereocenters. The fraction of sp³-hybridized carbons (Fsp3) is 0.429. The van der Waals surface area contributed by atoms with E-state index in [0.717, 1.165) is 64.4 Å². The number of imidazole rings is 1. The molecular formula is C28H35N5O4S2. The molecule has 0 saturated carbocycles. The van der Waals surface area contributed by atoms with Crippen molar-refractivity contribution in [1.29, 1.82) is 0 Å². The fourth-order valence-corrected chi connectivity index (χ4v) is 6.92. The summed E-state index contributed by atoms with van der Waals surface area (Å²) in [7, 11) is -4.15. The van der Waals surface area contributed by atoms with E-state index in [-0.39, 0.29) is 10.8 Å². The Hall–Kier alpha value is -3.31. The topological polar surface area (TPSA) is 116 Å². The molecule has 4 rings (SSSR count). The minimum absolute atomic E-state index is 0.00941. The Morgan fingerprint density at radius 2 is 1.79 bits per heavy atom. The summed E-state index contributed by atoms with van der Waals surface area (Å²) in [5.74, 6) is 0.962. The number of aryl methyl sites for hydroxylation is 4. The molecule has 1 N–H and O–H groups in total. The Labute approximate surface area is 233 Å². The van der Waals surface area contributed by atoms with E-state index in [0.29, 0.717) is 35.7 Å². The highest BCUT2D eigenvalue weighted by molar-refractivity contribution is 7.92. The Balaban J connectivity index is 1.64. The summed E-state index contributed by atoms with van der Waals surface area (Å²) in [5.41, 5.74) is 5.84. The molecule has 0 saturated heterocycles. The van der Waals surface area contributed by atoms with E-state index in [1.165, 1.54) is 0 Å². The Morgan fingerprint density at radius 1 is 1.05 bits per heavy atom. The molecular weight excluding hydrogens is 534 g/mol. The number of amides is 1. The lowest BCUT2D eigenvalue weighted by Crippen LogP contribution is -2.31. The van der Waals surface area contributed by atoms with Gasteiger partial charge in [-0.2, -0.15) is 0 Å². The third kappa shape index (κ3) is 6.47. The molecule has 0 unspecified atom stereocenters. The maximum Gasteiger partial charge on any atom is 0.421 e. The van der Waals surface area contributed by atoms with Gasteiger partial charge < -0.3 is 9.30 Å². The van der Waals surface area contributed by atoms with Crippen molar-refractivity contribution in [2.45, 2.75) is 77.5 Å². The summed E-state index contributed by atoms with van der Waals surface area (Å²) in [5, 5.41) is 0.700. The molecule has 208 valence electrons. The van der Waals surface area contributed by atoms with Gasteiger partial charge in [-0.05, 0) is 50.3 Å². The zero-order chi connectivity index (χ0) is 28.2. The van der Waals surface area contributed by atoms with Crippen molar-refractivity contribution in [2.24, 2.45) is 0 Å². The van der Waals surface area contributed by atoms with Gasteiger partial charge in [0.2, 0.25) is 0 Å². The second kappa shape index (κ2) is 12.3. The van der Waals surface area contributed by atoms with Crippen LogP contribution in [0.15, 0.2) is 34.5 Å². The van der Waals surface area contributed by atoms with Gasteiger partial charge in [0, 0.05) is 17.7 Å². The number of hydrogen-bond donors (Lipinski definition) is 1. The zero-order valence-electron chi connectivity index (χ0n) is 23.1. The van der Waals surface area contributed by atoms with Crippen molar-refractivity contribution < 1.29 is 17.9 Å². The largest absolute Gasteiger partial charge is 0.449 e. The normalized spacial score (nSPS) is 11.7. The number of nitrogens with zero attached hydrogens (tertiary/aromatic N) is 4. The van der Waals surface area contributed by atoms with Gasteiger partial charge in [-0.25, -0.2) is 32.9 Å². The van der Waals surface area contributed by atoms with Crippen LogP contribution in [0.2, 0.25) is 0 Å². The first-order valence-electron chi connectivity index (χ1n) is 13.3. The first kappa shape index (κ1) is 28.7. The van der Waals surface area contributed by atoms with E-state index >= 15 is 0 Å². The third-order valence-electron chi connectivity index (χ3n) is 6.28. The molecule has 3 heterocycles. The highest BCUT2D eigenvalue weighted by Gasteiger charge is 2.27. The maximum atomic E-state index is 13.2. The van der Waals surface area contributed by atoms with E-state index in [1.54, 1.807) is 0 Å². The molecule has 0 fully saturated rings. The number of thiazole rings is 1. The number of aromatic nitrogens is 4. The minimum Gasteiger partial charge on any atom is -0.449 e. The highest BCUT2D eigenvalue weighted by Crippen LogP contribution is 2.33. The van der Waals surface area contributed by atoms with Crippen molar-refractivity contribution in [1.82, 2.24) is 24.2 Å². The van der Waals surface area contributed by atoms with Crippen LogP contribution in [-0.2, 0) is 34.1 Å².